The quantitative estimate of drug-likeness (QED) is 0.159. The molecule has 0 aliphatic heterocycles. The average Bonchev–Trinajstić information content (AvgIpc) is 4.04. The molecule has 11 aromatic carbocycles. The van der Waals surface area contributed by atoms with E-state index in [1.807, 2.05) is 0 Å². The van der Waals surface area contributed by atoms with Gasteiger partial charge in [-0.2, -0.15) is 0 Å². The molecule has 2 aliphatic rings. The monoisotopic (exact) mass is 865 g/mol. The van der Waals surface area contributed by atoms with E-state index in [1.165, 1.54) is 77.5 Å². The minimum absolute atomic E-state index is 0.548. The molecule has 0 N–H and O–H groups in total. The van der Waals surface area contributed by atoms with Crippen molar-refractivity contribution in [1.82, 2.24) is 0 Å². The normalized spacial score (nSPS) is 15.2. The second-order valence-electron chi connectivity index (χ2n) is 18.3. The molecule has 0 amide bonds. The Balaban J connectivity index is 1.07. The van der Waals surface area contributed by atoms with Crippen LogP contribution in [0.1, 0.15) is 44.5 Å². The van der Waals surface area contributed by atoms with Gasteiger partial charge in [-0.1, -0.05) is 212 Å². The molecule has 2 aliphatic carbocycles. The molecule has 2 heteroatoms. The minimum Gasteiger partial charge on any atom is -0.456 e. The number of hydrogen-bond donors (Lipinski definition) is 0. The number of furan rings is 1. The maximum atomic E-state index is 6.65. The lowest BCUT2D eigenvalue weighted by Crippen LogP contribution is -2.29. The molecule has 0 radical (unpaired) electrons. The molecule has 2 nitrogen and oxygen atoms in total. The molecule has 0 saturated carbocycles. The van der Waals surface area contributed by atoms with Gasteiger partial charge >= 0.3 is 0 Å². The predicted octanol–water partition coefficient (Wildman–Crippen LogP) is 16.9. The van der Waals surface area contributed by atoms with E-state index >= 15 is 0 Å². The Bertz CT molecular complexity index is 3890. The summed E-state index contributed by atoms with van der Waals surface area (Å²) in [5, 5.41) is 4.66. The molecule has 1 unspecified atom stereocenters. The minimum atomic E-state index is -0.681. The van der Waals surface area contributed by atoms with Crippen molar-refractivity contribution in [2.75, 3.05) is 4.90 Å². The number of fused-ring (bicyclic) bond motifs is 10. The van der Waals surface area contributed by atoms with Crippen LogP contribution in [0.4, 0.5) is 17.1 Å². The lowest BCUT2D eigenvalue weighted by Gasteiger charge is -2.36. The van der Waals surface area contributed by atoms with Crippen LogP contribution >= 0.6 is 0 Å². The highest BCUT2D eigenvalue weighted by Crippen LogP contribution is 2.60. The number of hydrogen-bond acceptors (Lipinski definition) is 2. The van der Waals surface area contributed by atoms with Crippen molar-refractivity contribution < 1.29 is 4.42 Å². The molecule has 1 atom stereocenters. The van der Waals surface area contributed by atoms with Crippen LogP contribution in [-0.2, 0) is 10.8 Å². The van der Waals surface area contributed by atoms with Gasteiger partial charge in [0, 0.05) is 27.8 Å². The van der Waals surface area contributed by atoms with E-state index in [0.29, 0.717) is 0 Å². The number of anilines is 3. The Morgan fingerprint density at radius 3 is 1.37 bits per heavy atom. The summed E-state index contributed by atoms with van der Waals surface area (Å²) in [5.74, 6) is 0. The van der Waals surface area contributed by atoms with Gasteiger partial charge in [-0.3, -0.25) is 0 Å². The highest BCUT2D eigenvalue weighted by molar-refractivity contribution is 6.09. The molecule has 0 fully saturated rings. The topological polar surface area (TPSA) is 16.4 Å². The van der Waals surface area contributed by atoms with Crippen molar-refractivity contribution in [3.63, 3.8) is 0 Å². The van der Waals surface area contributed by atoms with Crippen molar-refractivity contribution in [3.8, 4) is 22.3 Å². The van der Waals surface area contributed by atoms with Gasteiger partial charge in [0.1, 0.15) is 11.2 Å². The summed E-state index contributed by atoms with van der Waals surface area (Å²) < 4.78 is 6.65. The van der Waals surface area contributed by atoms with Gasteiger partial charge in [0.2, 0.25) is 0 Å². The fourth-order valence-electron chi connectivity index (χ4n) is 12.3. The summed E-state index contributed by atoms with van der Waals surface area (Å²) in [7, 11) is 0. The summed E-state index contributed by atoms with van der Waals surface area (Å²) in [6, 6.07) is 96.4. The molecule has 14 rings (SSSR count). The second kappa shape index (κ2) is 14.9. The van der Waals surface area contributed by atoms with Gasteiger partial charge in [0.25, 0.3) is 0 Å². The third-order valence-electron chi connectivity index (χ3n) is 15.0. The molecular weight excluding hydrogens is 823 g/mol. The van der Waals surface area contributed by atoms with Crippen molar-refractivity contribution in [2.45, 2.75) is 10.8 Å². The van der Waals surface area contributed by atoms with E-state index in [-0.39, 0.29) is 0 Å². The number of benzene rings is 11. The summed E-state index contributed by atoms with van der Waals surface area (Å²) in [5.41, 5.74) is 18.8. The molecule has 68 heavy (non-hydrogen) atoms. The first-order chi connectivity index (χ1) is 33.7. The molecular formula is C66H43NO. The van der Waals surface area contributed by atoms with E-state index in [1.54, 1.807) is 0 Å². The summed E-state index contributed by atoms with van der Waals surface area (Å²) in [6.45, 7) is 0. The highest BCUT2D eigenvalue weighted by atomic mass is 16.3. The third-order valence-corrected chi connectivity index (χ3v) is 15.0. The van der Waals surface area contributed by atoms with Gasteiger partial charge in [-0.05, 0) is 126 Å². The third kappa shape index (κ3) is 5.34. The standard InChI is InChI=1S/C66H43NO/c1-4-21-46(22-5-1)65(47-23-6-2-7-24-47)57-30-15-12-27-52(57)54-39-37-50(42-60(54)65)67(49-36-35-44-19-10-11-20-45(44)41-49)51-38-40-55-53-28-13-16-31-58(53)66(61(55)43-51,48-25-8-3-9-26-48)59-32-18-34-63-64(59)56-29-14-17-33-62(56)68-63/h1-43H. The SMILES string of the molecule is c1ccc(C2(c3ccccc3)c3ccccc3-c3ccc(N(c4ccc5c(c4)C(c4ccccc4)(c4cccc6oc7ccccc7c46)c4ccccc4-5)c4ccc5ccccc5c4)cc32)cc1. The zero-order valence-corrected chi connectivity index (χ0v) is 37.2. The number of nitrogens with zero attached hydrogens (tertiary/aromatic N) is 1. The number of rotatable bonds is 7. The molecule has 12 aromatic rings. The van der Waals surface area contributed by atoms with Crippen LogP contribution in [-0.4, -0.2) is 0 Å². The van der Waals surface area contributed by atoms with Crippen molar-refractivity contribution >= 4 is 49.8 Å². The molecule has 1 heterocycles. The van der Waals surface area contributed by atoms with Crippen LogP contribution in [0.25, 0.3) is 55.0 Å². The first kappa shape index (κ1) is 38.5. The summed E-state index contributed by atoms with van der Waals surface area (Å²) in [4.78, 5) is 2.49. The van der Waals surface area contributed by atoms with E-state index in [9.17, 15) is 0 Å². The highest BCUT2D eigenvalue weighted by Gasteiger charge is 2.49. The average molecular weight is 866 g/mol. The smallest absolute Gasteiger partial charge is 0.135 e. The van der Waals surface area contributed by atoms with Gasteiger partial charge in [0.15, 0.2) is 0 Å². The first-order valence-corrected chi connectivity index (χ1v) is 23.6. The van der Waals surface area contributed by atoms with E-state index in [2.05, 4.69) is 266 Å². The van der Waals surface area contributed by atoms with Crippen molar-refractivity contribution in [3.05, 3.63) is 305 Å². The van der Waals surface area contributed by atoms with Crippen molar-refractivity contribution in [2.24, 2.45) is 0 Å². The first-order valence-electron chi connectivity index (χ1n) is 23.6. The fourth-order valence-corrected chi connectivity index (χ4v) is 12.3. The second-order valence-corrected chi connectivity index (χ2v) is 18.3. The van der Waals surface area contributed by atoms with Crippen LogP contribution in [0, 0.1) is 0 Å². The number of para-hydroxylation sites is 1. The van der Waals surface area contributed by atoms with E-state index < -0.39 is 10.8 Å². The zero-order chi connectivity index (χ0) is 44.8. The zero-order valence-electron chi connectivity index (χ0n) is 37.2. The maximum absolute atomic E-state index is 6.65. The van der Waals surface area contributed by atoms with Gasteiger partial charge in [0.05, 0.1) is 10.8 Å². The van der Waals surface area contributed by atoms with Crippen LogP contribution < -0.4 is 4.90 Å². The predicted molar refractivity (Wildman–Crippen MR) is 281 cm³/mol. The molecule has 0 spiro atoms. The van der Waals surface area contributed by atoms with E-state index in [0.717, 1.165) is 39.0 Å². The Kier molecular flexibility index (Phi) is 8.45. The molecule has 0 saturated heterocycles. The maximum Gasteiger partial charge on any atom is 0.135 e. The summed E-state index contributed by atoms with van der Waals surface area (Å²) >= 11 is 0. The van der Waals surface area contributed by atoms with Crippen LogP contribution in [0.2, 0.25) is 0 Å². The molecule has 1 aromatic heterocycles. The lowest BCUT2D eigenvalue weighted by molar-refractivity contribution is 0.667. The van der Waals surface area contributed by atoms with Crippen LogP contribution in [0.3, 0.4) is 0 Å². The Morgan fingerprint density at radius 1 is 0.279 bits per heavy atom. The Hall–Kier alpha value is -8.72. The van der Waals surface area contributed by atoms with Gasteiger partial charge < -0.3 is 9.32 Å². The summed E-state index contributed by atoms with van der Waals surface area (Å²) in [6.07, 6.45) is 0. The van der Waals surface area contributed by atoms with E-state index in [4.69, 9.17) is 4.42 Å². The van der Waals surface area contributed by atoms with Crippen LogP contribution in [0.15, 0.2) is 265 Å². The molecule has 318 valence electrons. The Morgan fingerprint density at radius 2 is 0.721 bits per heavy atom. The largest absolute Gasteiger partial charge is 0.456 e. The molecule has 0 bridgehead atoms. The fraction of sp³-hybridized carbons (Fsp3) is 0.0303. The van der Waals surface area contributed by atoms with Gasteiger partial charge in [-0.15, -0.1) is 0 Å². The Labute approximate surface area is 395 Å². The van der Waals surface area contributed by atoms with Gasteiger partial charge in [-0.25, -0.2) is 0 Å². The lowest BCUT2D eigenvalue weighted by atomic mass is 9.66. The van der Waals surface area contributed by atoms with Crippen LogP contribution in [0.5, 0.6) is 0 Å². The van der Waals surface area contributed by atoms with Crippen molar-refractivity contribution in [1.29, 1.82) is 0 Å².